The minimum atomic E-state index is -0.492. The number of carbonyl (C=O) groups excluding carboxylic acids is 2. The first-order chi connectivity index (χ1) is 13.0. The highest BCUT2D eigenvalue weighted by atomic mass is 16.5. The van der Waals surface area contributed by atoms with Crippen LogP contribution >= 0.6 is 0 Å². The molecule has 1 amide bonds. The van der Waals surface area contributed by atoms with Crippen LogP contribution in [0.1, 0.15) is 25.3 Å². The van der Waals surface area contributed by atoms with E-state index in [-0.39, 0.29) is 17.5 Å². The van der Waals surface area contributed by atoms with Crippen LogP contribution in [0.3, 0.4) is 0 Å². The molecule has 2 rings (SSSR count). The summed E-state index contributed by atoms with van der Waals surface area (Å²) >= 11 is 0. The second-order valence-corrected chi connectivity index (χ2v) is 6.37. The highest BCUT2D eigenvalue weighted by molar-refractivity contribution is 6.07. The third kappa shape index (κ3) is 5.48. The Balaban J connectivity index is 2.02. The number of anilines is 1. The molecule has 0 saturated carbocycles. The second-order valence-electron chi connectivity index (χ2n) is 6.37. The first-order valence-electron chi connectivity index (χ1n) is 8.97. The van der Waals surface area contributed by atoms with Gasteiger partial charge in [0.2, 0.25) is 0 Å². The molecular formula is C20H25N3O4. The standard InChI is InChI=1S/C20H25N3O4/c1-4-27-20(25)15-7-9-23(10-8-15)13-16(12-21)19(24)22-17-11-14(2)5-6-18(17)26-3/h5-6,11,13,15H,4,7-10H2,1-3H3,(H,22,24)/b16-13-. The van der Waals surface area contributed by atoms with Crippen molar-refractivity contribution >= 4 is 17.6 Å². The number of nitriles is 1. The smallest absolute Gasteiger partial charge is 0.309 e. The largest absolute Gasteiger partial charge is 0.495 e. The van der Waals surface area contributed by atoms with Crippen LogP contribution in [-0.4, -0.2) is 43.6 Å². The number of amides is 1. The van der Waals surface area contributed by atoms with Crippen molar-refractivity contribution in [2.45, 2.75) is 26.7 Å². The lowest BCUT2D eigenvalue weighted by Crippen LogP contribution is -2.34. The van der Waals surface area contributed by atoms with Gasteiger partial charge in [0.15, 0.2) is 0 Å². The van der Waals surface area contributed by atoms with Crippen LogP contribution in [0.25, 0.3) is 0 Å². The van der Waals surface area contributed by atoms with E-state index >= 15 is 0 Å². The summed E-state index contributed by atoms with van der Waals surface area (Å²) in [6.07, 6.45) is 2.84. The van der Waals surface area contributed by atoms with Crippen LogP contribution in [0.5, 0.6) is 5.75 Å². The van der Waals surface area contributed by atoms with Crippen LogP contribution in [0, 0.1) is 24.2 Å². The van der Waals surface area contributed by atoms with Crippen LogP contribution in [0.15, 0.2) is 30.0 Å². The lowest BCUT2D eigenvalue weighted by molar-refractivity contribution is -0.149. The maximum absolute atomic E-state index is 12.5. The fraction of sp³-hybridized carbons (Fsp3) is 0.450. The van der Waals surface area contributed by atoms with Gasteiger partial charge in [0.25, 0.3) is 5.91 Å². The molecule has 1 aromatic rings. The van der Waals surface area contributed by atoms with Crippen molar-refractivity contribution in [1.82, 2.24) is 4.90 Å². The van der Waals surface area contributed by atoms with Crippen molar-refractivity contribution in [3.05, 3.63) is 35.5 Å². The van der Waals surface area contributed by atoms with E-state index < -0.39 is 5.91 Å². The molecule has 1 aliphatic heterocycles. The van der Waals surface area contributed by atoms with Crippen LogP contribution in [0.2, 0.25) is 0 Å². The molecule has 144 valence electrons. The van der Waals surface area contributed by atoms with Crippen molar-refractivity contribution in [2.75, 3.05) is 32.1 Å². The fourth-order valence-corrected chi connectivity index (χ4v) is 2.95. The first-order valence-corrected chi connectivity index (χ1v) is 8.97. The van der Waals surface area contributed by atoms with Gasteiger partial charge in [0.1, 0.15) is 17.4 Å². The number of rotatable bonds is 6. The molecule has 7 nitrogen and oxygen atoms in total. The highest BCUT2D eigenvalue weighted by Crippen LogP contribution is 2.26. The molecule has 0 bridgehead atoms. The van der Waals surface area contributed by atoms with Crippen molar-refractivity contribution in [1.29, 1.82) is 5.26 Å². The number of piperidine rings is 1. The molecule has 27 heavy (non-hydrogen) atoms. The van der Waals surface area contributed by atoms with E-state index in [1.54, 1.807) is 25.3 Å². The van der Waals surface area contributed by atoms with E-state index in [0.29, 0.717) is 44.0 Å². The maximum Gasteiger partial charge on any atom is 0.309 e. The molecule has 1 aliphatic rings. The van der Waals surface area contributed by atoms with Crippen LogP contribution < -0.4 is 10.1 Å². The van der Waals surface area contributed by atoms with Gasteiger partial charge >= 0.3 is 5.97 Å². The maximum atomic E-state index is 12.5. The molecule has 0 radical (unpaired) electrons. The Morgan fingerprint density at radius 2 is 2.07 bits per heavy atom. The third-order valence-electron chi connectivity index (χ3n) is 4.43. The first kappa shape index (κ1) is 20.3. The van der Waals surface area contributed by atoms with Gasteiger partial charge in [-0.15, -0.1) is 0 Å². The average molecular weight is 371 g/mol. The molecule has 1 heterocycles. The Bertz CT molecular complexity index is 759. The van der Waals surface area contributed by atoms with Gasteiger partial charge in [0, 0.05) is 19.3 Å². The lowest BCUT2D eigenvalue weighted by Gasteiger charge is -2.30. The molecule has 1 aromatic carbocycles. The van der Waals surface area contributed by atoms with Gasteiger partial charge in [0.05, 0.1) is 25.3 Å². The Labute approximate surface area is 159 Å². The molecule has 0 unspecified atom stereocenters. The molecule has 7 heteroatoms. The minimum Gasteiger partial charge on any atom is -0.495 e. The summed E-state index contributed by atoms with van der Waals surface area (Å²) in [6.45, 7) is 5.26. The zero-order valence-electron chi connectivity index (χ0n) is 15.9. The highest BCUT2D eigenvalue weighted by Gasteiger charge is 2.25. The van der Waals surface area contributed by atoms with Crippen LogP contribution in [0.4, 0.5) is 5.69 Å². The number of likely N-dealkylation sites (tertiary alicyclic amines) is 1. The van der Waals surface area contributed by atoms with Crippen molar-refractivity contribution in [2.24, 2.45) is 5.92 Å². The summed E-state index contributed by atoms with van der Waals surface area (Å²) in [5.41, 5.74) is 1.49. The molecule has 1 saturated heterocycles. The second kappa shape index (κ2) is 9.62. The zero-order valence-corrected chi connectivity index (χ0v) is 15.9. The van der Waals surface area contributed by atoms with Crippen LogP contribution in [-0.2, 0) is 14.3 Å². The Kier molecular flexibility index (Phi) is 7.24. The van der Waals surface area contributed by atoms with Gasteiger partial charge in [-0.2, -0.15) is 5.26 Å². The zero-order chi connectivity index (χ0) is 19.8. The number of methoxy groups -OCH3 is 1. The number of carbonyl (C=O) groups is 2. The summed E-state index contributed by atoms with van der Waals surface area (Å²) in [5.74, 6) is -0.258. The Morgan fingerprint density at radius 3 is 2.67 bits per heavy atom. The monoisotopic (exact) mass is 371 g/mol. The fourth-order valence-electron chi connectivity index (χ4n) is 2.95. The molecule has 0 aromatic heterocycles. The van der Waals surface area contributed by atoms with E-state index in [2.05, 4.69) is 5.32 Å². The summed E-state index contributed by atoms with van der Waals surface area (Å²) in [6, 6.07) is 7.38. The number of nitrogens with one attached hydrogen (secondary N) is 1. The number of ether oxygens (including phenoxy) is 2. The van der Waals surface area contributed by atoms with Gasteiger partial charge in [-0.1, -0.05) is 6.07 Å². The molecule has 0 aliphatic carbocycles. The molecule has 0 atom stereocenters. The topological polar surface area (TPSA) is 91.7 Å². The summed E-state index contributed by atoms with van der Waals surface area (Å²) in [7, 11) is 1.52. The van der Waals surface area contributed by atoms with Crippen molar-refractivity contribution in [3.63, 3.8) is 0 Å². The van der Waals surface area contributed by atoms with Gasteiger partial charge < -0.3 is 19.7 Å². The van der Waals surface area contributed by atoms with E-state index in [9.17, 15) is 14.9 Å². The third-order valence-corrected chi connectivity index (χ3v) is 4.43. The normalized spacial score (nSPS) is 15.0. The predicted octanol–water partition coefficient (Wildman–Crippen LogP) is 2.62. The van der Waals surface area contributed by atoms with Crippen molar-refractivity contribution < 1.29 is 19.1 Å². The molecular weight excluding hydrogens is 346 g/mol. The van der Waals surface area contributed by atoms with E-state index in [1.165, 1.54) is 7.11 Å². The van der Waals surface area contributed by atoms with Gasteiger partial charge in [-0.25, -0.2) is 0 Å². The summed E-state index contributed by atoms with van der Waals surface area (Å²) in [4.78, 5) is 26.2. The van der Waals surface area contributed by atoms with Crippen molar-refractivity contribution in [3.8, 4) is 11.8 Å². The number of aryl methyl sites for hydroxylation is 1. The molecule has 1 N–H and O–H groups in total. The number of hydrogen-bond donors (Lipinski definition) is 1. The lowest BCUT2D eigenvalue weighted by atomic mass is 9.97. The number of nitrogens with zero attached hydrogens (tertiary/aromatic N) is 2. The average Bonchev–Trinajstić information content (AvgIpc) is 2.67. The van der Waals surface area contributed by atoms with Gasteiger partial charge in [-0.3, -0.25) is 9.59 Å². The predicted molar refractivity (Wildman–Crippen MR) is 101 cm³/mol. The number of benzene rings is 1. The Hall–Kier alpha value is -3.01. The quantitative estimate of drug-likeness (QED) is 0.469. The Morgan fingerprint density at radius 1 is 1.37 bits per heavy atom. The SMILES string of the molecule is CCOC(=O)C1CCN(/C=C(/C#N)C(=O)Nc2cc(C)ccc2OC)CC1. The van der Waals surface area contributed by atoms with Gasteiger partial charge in [-0.05, 0) is 44.4 Å². The summed E-state index contributed by atoms with van der Waals surface area (Å²) < 4.78 is 10.3. The number of hydrogen-bond acceptors (Lipinski definition) is 6. The number of esters is 1. The van der Waals surface area contributed by atoms with E-state index in [0.717, 1.165) is 5.56 Å². The molecule has 1 fully saturated rings. The molecule has 0 spiro atoms. The minimum absolute atomic E-state index is 0.00754. The summed E-state index contributed by atoms with van der Waals surface area (Å²) in [5, 5.41) is 12.1. The van der Waals surface area contributed by atoms with E-state index in [1.807, 2.05) is 24.0 Å². The van der Waals surface area contributed by atoms with E-state index in [4.69, 9.17) is 9.47 Å².